The molecule has 0 rings (SSSR count). The van der Waals surface area contributed by atoms with E-state index in [1.54, 1.807) is 0 Å². The second-order valence-electron chi connectivity index (χ2n) is 2.16. The molecule has 0 amide bonds. The average molecular weight is 182 g/mol. The van der Waals surface area contributed by atoms with Crippen molar-refractivity contribution in [3.63, 3.8) is 0 Å². The lowest BCUT2D eigenvalue weighted by Crippen LogP contribution is -2.15. The maximum absolute atomic E-state index is 11.5. The normalized spacial score (nSPS) is 10.0. The van der Waals surface area contributed by atoms with Crippen molar-refractivity contribution in [3.8, 4) is 0 Å². The van der Waals surface area contributed by atoms with E-state index in [1.807, 2.05) is 27.7 Å². The summed E-state index contributed by atoms with van der Waals surface area (Å²) >= 11 is 0. The minimum absolute atomic E-state index is 0.00833. The van der Waals surface area contributed by atoms with E-state index in [0.29, 0.717) is 0 Å². The van der Waals surface area contributed by atoms with Crippen LogP contribution in [0.4, 0.5) is 8.78 Å². The van der Waals surface area contributed by atoms with Crippen LogP contribution in [0.2, 0.25) is 0 Å². The van der Waals surface area contributed by atoms with Crippen LogP contribution in [0, 0.1) is 0 Å². The number of hydrogen-bond donors (Lipinski definition) is 0. The Morgan fingerprint density at radius 1 is 1.08 bits per heavy atom. The Morgan fingerprint density at radius 2 is 1.50 bits per heavy atom. The monoisotopic (exact) mass is 182 g/mol. The van der Waals surface area contributed by atoms with Crippen LogP contribution >= 0.6 is 0 Å². The smallest absolute Gasteiger partial charge is 0.261 e. The lowest BCUT2D eigenvalue weighted by atomic mass is 10.2. The van der Waals surface area contributed by atoms with Crippen LogP contribution in [-0.2, 0) is 4.74 Å². The van der Waals surface area contributed by atoms with Crippen molar-refractivity contribution in [2.75, 3.05) is 6.61 Å². The molecule has 0 spiro atoms. The maximum Gasteiger partial charge on any atom is 0.261 e. The lowest BCUT2D eigenvalue weighted by Gasteiger charge is -2.12. The first-order chi connectivity index (χ1) is 5.70. The first-order valence-electron chi connectivity index (χ1n) is 4.60. The Kier molecular flexibility index (Phi) is 12.9. The Bertz CT molecular complexity index is 72.9. The summed E-state index contributed by atoms with van der Waals surface area (Å²) in [6.07, 6.45) is -0.707. The topological polar surface area (TPSA) is 9.23 Å². The Morgan fingerprint density at radius 3 is 1.75 bits per heavy atom. The molecule has 0 unspecified atom stereocenters. The summed E-state index contributed by atoms with van der Waals surface area (Å²) in [5.41, 5.74) is 0. The van der Waals surface area contributed by atoms with E-state index < -0.39 is 13.0 Å². The Labute approximate surface area is 74.1 Å². The van der Waals surface area contributed by atoms with Crippen LogP contribution in [0.3, 0.4) is 0 Å². The number of ether oxygens (including phenoxy) is 1. The van der Waals surface area contributed by atoms with Gasteiger partial charge in [-0.2, -0.15) is 0 Å². The standard InChI is InChI=1S/C7H14F2O.C2H6/c1-3-6(4-2)10-5-7(8)9;1-2/h6-7H,3-5H2,1-2H3;1-2H3. The molecule has 0 atom stereocenters. The number of halogens is 2. The molecular formula is C9H20F2O. The fourth-order valence-corrected chi connectivity index (χ4v) is 0.733. The van der Waals surface area contributed by atoms with E-state index in [-0.39, 0.29) is 6.10 Å². The van der Waals surface area contributed by atoms with Gasteiger partial charge in [0.25, 0.3) is 6.43 Å². The van der Waals surface area contributed by atoms with Crippen molar-refractivity contribution < 1.29 is 13.5 Å². The first kappa shape index (κ1) is 14.3. The van der Waals surface area contributed by atoms with Crippen LogP contribution < -0.4 is 0 Å². The van der Waals surface area contributed by atoms with Crippen molar-refractivity contribution in [2.45, 2.75) is 53.1 Å². The number of hydrogen-bond acceptors (Lipinski definition) is 1. The number of alkyl halides is 2. The minimum Gasteiger partial charge on any atom is -0.372 e. The SMILES string of the molecule is CC.CCC(CC)OCC(F)F. The van der Waals surface area contributed by atoms with Gasteiger partial charge >= 0.3 is 0 Å². The molecule has 0 aromatic rings. The molecule has 12 heavy (non-hydrogen) atoms. The van der Waals surface area contributed by atoms with Gasteiger partial charge in [0.05, 0.1) is 6.10 Å². The summed E-state index contributed by atoms with van der Waals surface area (Å²) in [4.78, 5) is 0. The van der Waals surface area contributed by atoms with Crippen molar-refractivity contribution in [1.29, 1.82) is 0 Å². The molecule has 3 heteroatoms. The van der Waals surface area contributed by atoms with Gasteiger partial charge in [0.2, 0.25) is 0 Å². The fourth-order valence-electron chi connectivity index (χ4n) is 0.733. The highest BCUT2D eigenvalue weighted by molar-refractivity contribution is 4.51. The van der Waals surface area contributed by atoms with E-state index in [0.717, 1.165) is 12.8 Å². The third kappa shape index (κ3) is 9.82. The molecule has 0 aromatic heterocycles. The molecule has 0 aliphatic heterocycles. The Hall–Kier alpha value is -0.180. The highest BCUT2D eigenvalue weighted by Crippen LogP contribution is 2.04. The zero-order chi connectivity index (χ0) is 9.98. The van der Waals surface area contributed by atoms with Gasteiger partial charge in [-0.3, -0.25) is 0 Å². The third-order valence-corrected chi connectivity index (χ3v) is 1.37. The average Bonchev–Trinajstić information content (AvgIpc) is 2.09. The molecule has 0 heterocycles. The zero-order valence-corrected chi connectivity index (χ0v) is 8.44. The molecule has 76 valence electrons. The second-order valence-corrected chi connectivity index (χ2v) is 2.16. The predicted molar refractivity (Wildman–Crippen MR) is 47.7 cm³/mol. The molecule has 0 aromatic carbocycles. The molecule has 0 aliphatic carbocycles. The molecule has 0 aliphatic rings. The largest absolute Gasteiger partial charge is 0.372 e. The molecular weight excluding hydrogens is 162 g/mol. The molecule has 0 radical (unpaired) electrons. The maximum atomic E-state index is 11.5. The summed E-state index contributed by atoms with van der Waals surface area (Å²) in [5, 5.41) is 0. The zero-order valence-electron chi connectivity index (χ0n) is 8.44. The van der Waals surface area contributed by atoms with E-state index in [4.69, 9.17) is 4.74 Å². The van der Waals surface area contributed by atoms with Gasteiger partial charge in [-0.1, -0.05) is 27.7 Å². The Balaban J connectivity index is 0. The van der Waals surface area contributed by atoms with E-state index in [2.05, 4.69) is 0 Å². The van der Waals surface area contributed by atoms with Crippen LogP contribution in [0.15, 0.2) is 0 Å². The summed E-state index contributed by atoms with van der Waals surface area (Å²) in [5.74, 6) is 0. The van der Waals surface area contributed by atoms with Gasteiger partial charge in [-0.25, -0.2) is 8.78 Å². The summed E-state index contributed by atoms with van der Waals surface area (Å²) in [6.45, 7) is 7.44. The van der Waals surface area contributed by atoms with Crippen LogP contribution in [-0.4, -0.2) is 19.1 Å². The molecule has 0 bridgehead atoms. The lowest BCUT2D eigenvalue weighted by molar-refractivity contribution is -0.0263. The molecule has 0 N–H and O–H groups in total. The van der Waals surface area contributed by atoms with Crippen molar-refractivity contribution in [3.05, 3.63) is 0 Å². The second kappa shape index (κ2) is 10.8. The van der Waals surface area contributed by atoms with Gasteiger partial charge in [0.1, 0.15) is 6.61 Å². The van der Waals surface area contributed by atoms with Gasteiger partial charge in [-0.15, -0.1) is 0 Å². The summed E-state index contributed by atoms with van der Waals surface area (Å²) < 4.78 is 27.9. The van der Waals surface area contributed by atoms with Crippen molar-refractivity contribution >= 4 is 0 Å². The van der Waals surface area contributed by atoms with Crippen LogP contribution in [0.5, 0.6) is 0 Å². The van der Waals surface area contributed by atoms with E-state index >= 15 is 0 Å². The fraction of sp³-hybridized carbons (Fsp3) is 1.00. The van der Waals surface area contributed by atoms with Gasteiger partial charge < -0.3 is 4.74 Å². The van der Waals surface area contributed by atoms with Gasteiger partial charge in [0.15, 0.2) is 0 Å². The number of rotatable bonds is 5. The highest BCUT2D eigenvalue weighted by atomic mass is 19.3. The summed E-state index contributed by atoms with van der Waals surface area (Å²) in [7, 11) is 0. The molecule has 0 fully saturated rings. The summed E-state index contributed by atoms with van der Waals surface area (Å²) in [6, 6.07) is 0. The molecule has 0 saturated heterocycles. The first-order valence-corrected chi connectivity index (χ1v) is 4.60. The predicted octanol–water partition coefficient (Wildman–Crippen LogP) is 3.48. The van der Waals surface area contributed by atoms with E-state index in [1.165, 1.54) is 0 Å². The van der Waals surface area contributed by atoms with Crippen molar-refractivity contribution in [2.24, 2.45) is 0 Å². The third-order valence-electron chi connectivity index (χ3n) is 1.37. The highest BCUT2D eigenvalue weighted by Gasteiger charge is 2.07. The van der Waals surface area contributed by atoms with E-state index in [9.17, 15) is 8.78 Å². The van der Waals surface area contributed by atoms with Gasteiger partial charge in [0, 0.05) is 0 Å². The van der Waals surface area contributed by atoms with Crippen molar-refractivity contribution in [1.82, 2.24) is 0 Å². The molecule has 1 nitrogen and oxygen atoms in total. The molecule has 0 saturated carbocycles. The van der Waals surface area contributed by atoms with Crippen LogP contribution in [0.25, 0.3) is 0 Å². The van der Waals surface area contributed by atoms with Gasteiger partial charge in [-0.05, 0) is 12.8 Å². The van der Waals surface area contributed by atoms with Crippen LogP contribution in [0.1, 0.15) is 40.5 Å². The quantitative estimate of drug-likeness (QED) is 0.632. The minimum atomic E-state index is -2.33.